The molecule has 1 atom stereocenters. The van der Waals surface area contributed by atoms with Crippen molar-refractivity contribution in [2.75, 3.05) is 13.2 Å². The van der Waals surface area contributed by atoms with E-state index < -0.39 is 6.10 Å². The van der Waals surface area contributed by atoms with Gasteiger partial charge in [-0.1, -0.05) is 342 Å². The van der Waals surface area contributed by atoms with Gasteiger partial charge >= 0.3 is 11.9 Å². The van der Waals surface area contributed by atoms with E-state index in [2.05, 4.69) is 220 Å². The van der Waals surface area contributed by atoms with Crippen molar-refractivity contribution in [2.45, 2.75) is 302 Å². The van der Waals surface area contributed by atoms with Gasteiger partial charge in [0, 0.05) is 12.8 Å². The number of unbranched alkanes of at least 4 members (excludes halogenated alkanes) is 23. The summed E-state index contributed by atoms with van der Waals surface area (Å²) in [6, 6.07) is 0. The van der Waals surface area contributed by atoms with E-state index in [1.165, 1.54) is 116 Å². The number of carbonyl (C=O) groups is 2. The second-order valence-corrected chi connectivity index (χ2v) is 23.6. The van der Waals surface area contributed by atoms with Gasteiger partial charge in [-0.2, -0.15) is 0 Å². The molecule has 0 rings (SSSR count). The van der Waals surface area contributed by atoms with Crippen LogP contribution in [-0.4, -0.2) is 36.4 Å². The second-order valence-electron chi connectivity index (χ2n) is 23.6. The van der Waals surface area contributed by atoms with Crippen molar-refractivity contribution in [1.82, 2.24) is 0 Å². The Labute approximate surface area is 555 Å². The zero-order valence-electron chi connectivity index (χ0n) is 57.8. The fourth-order valence-electron chi connectivity index (χ4n) is 9.68. The molecule has 5 heteroatoms. The molecule has 0 aromatic rings. The maximum Gasteiger partial charge on any atom is 0.306 e. The van der Waals surface area contributed by atoms with Crippen LogP contribution in [-0.2, 0) is 19.1 Å². The highest BCUT2D eigenvalue weighted by atomic mass is 16.6. The minimum atomic E-state index is -0.805. The molecule has 0 amide bonds. The lowest BCUT2D eigenvalue weighted by atomic mass is 10.0. The van der Waals surface area contributed by atoms with Gasteiger partial charge in [0.2, 0.25) is 0 Å². The molecule has 5 nitrogen and oxygen atoms in total. The maximum atomic E-state index is 12.4. The molecular formula is C85H134O5. The minimum Gasteiger partial charge on any atom is -0.462 e. The second kappa shape index (κ2) is 77.7. The Morgan fingerprint density at radius 2 is 0.444 bits per heavy atom. The van der Waals surface area contributed by atoms with E-state index in [0.29, 0.717) is 12.8 Å². The third-order valence-corrected chi connectivity index (χ3v) is 15.1. The van der Waals surface area contributed by atoms with E-state index in [9.17, 15) is 14.7 Å². The van der Waals surface area contributed by atoms with Crippen LogP contribution < -0.4 is 0 Å². The standard InChI is InChI=1S/C85H134O5/c1-3-5-7-9-11-13-15-17-19-21-23-25-27-29-31-33-35-37-39-41-42-44-45-47-49-51-53-55-57-59-61-63-65-67-69-71-73-75-77-79-84(87)89-82-83(81-86)90-85(88)80-78-76-74-72-70-68-66-64-62-60-58-56-54-52-50-48-46-43-40-38-36-34-32-30-28-26-24-22-20-18-16-14-12-10-8-6-4-2/h5-8,11-14,17-20,23-26,29-32,35-38,43,46,50,52,56,58,62,64,68,70,83,86H,3-4,9-10,15-16,21-22,27-28,33-34,39-42,44-45,47-49,51,53-55,57,59-61,63,65-67,69,71-82H2,1-2H3/b7-5-,8-6-,13-11-,14-12-,19-17-,20-18-,25-23-,26-24-,31-29-,32-30-,37-35-,38-36-,46-43-,52-50-,58-56-,64-62-,70-68-. The summed E-state index contributed by atoms with van der Waals surface area (Å²) < 4.78 is 10.7. The van der Waals surface area contributed by atoms with Crippen LogP contribution in [0.3, 0.4) is 0 Å². The molecule has 0 heterocycles. The van der Waals surface area contributed by atoms with E-state index >= 15 is 0 Å². The summed E-state index contributed by atoms with van der Waals surface area (Å²) in [7, 11) is 0. The third kappa shape index (κ3) is 74.9. The van der Waals surface area contributed by atoms with Crippen LogP contribution in [0.15, 0.2) is 207 Å². The molecule has 0 aliphatic heterocycles. The van der Waals surface area contributed by atoms with Crippen LogP contribution in [0.25, 0.3) is 0 Å². The van der Waals surface area contributed by atoms with Crippen molar-refractivity contribution in [1.29, 1.82) is 0 Å². The van der Waals surface area contributed by atoms with Gasteiger partial charge in [0.1, 0.15) is 6.61 Å². The fourth-order valence-corrected chi connectivity index (χ4v) is 9.68. The quantitative estimate of drug-likeness (QED) is 0.0373. The SMILES string of the molecule is CC/C=C\C/C=C\C/C=C\C/C=C\C/C=C\C/C=C\C/C=C\C/C=C\C/C=C\C/C=C\C/C=C\CCCCCC(=O)OC(CO)COC(=O)CCCCCCCCCCCCCCCCCCCCCC/C=C\C/C=C\C/C=C\C/C=C\C/C=C\C/C=C\CC. The molecule has 0 bridgehead atoms. The number of hydrogen-bond acceptors (Lipinski definition) is 5. The largest absolute Gasteiger partial charge is 0.462 e. The van der Waals surface area contributed by atoms with Crippen molar-refractivity contribution in [2.24, 2.45) is 0 Å². The molecule has 0 spiro atoms. The number of aliphatic hydroxyl groups is 1. The lowest BCUT2D eigenvalue weighted by Crippen LogP contribution is -2.28. The highest BCUT2D eigenvalue weighted by molar-refractivity contribution is 5.70. The lowest BCUT2D eigenvalue weighted by Gasteiger charge is -2.15. The van der Waals surface area contributed by atoms with Gasteiger partial charge in [0.25, 0.3) is 0 Å². The van der Waals surface area contributed by atoms with Crippen molar-refractivity contribution in [3.8, 4) is 0 Å². The van der Waals surface area contributed by atoms with Crippen LogP contribution in [0.4, 0.5) is 0 Å². The molecule has 0 saturated heterocycles. The molecule has 0 aromatic carbocycles. The predicted molar refractivity (Wildman–Crippen MR) is 398 cm³/mol. The molecule has 0 aromatic heterocycles. The Morgan fingerprint density at radius 3 is 0.678 bits per heavy atom. The average molecular weight is 1240 g/mol. The van der Waals surface area contributed by atoms with E-state index in [1.807, 2.05) is 0 Å². The molecule has 0 radical (unpaired) electrons. The number of aliphatic hydroxyl groups excluding tert-OH is 1. The molecule has 1 unspecified atom stereocenters. The van der Waals surface area contributed by atoms with Crippen LogP contribution >= 0.6 is 0 Å². The molecule has 0 aliphatic rings. The molecule has 0 aliphatic carbocycles. The average Bonchev–Trinajstić information content (AvgIpc) is 3.62. The Balaban J connectivity index is 3.58. The first kappa shape index (κ1) is 84.5. The smallest absolute Gasteiger partial charge is 0.306 e. The zero-order chi connectivity index (χ0) is 64.7. The minimum absolute atomic E-state index is 0.0895. The van der Waals surface area contributed by atoms with Crippen LogP contribution in [0.1, 0.15) is 296 Å². The third-order valence-electron chi connectivity index (χ3n) is 15.1. The van der Waals surface area contributed by atoms with Crippen molar-refractivity contribution < 1.29 is 24.2 Å². The number of allylic oxidation sites excluding steroid dienone is 34. The van der Waals surface area contributed by atoms with Gasteiger partial charge in [0.05, 0.1) is 6.61 Å². The summed E-state index contributed by atoms with van der Waals surface area (Å²) in [6.45, 7) is 3.89. The molecule has 90 heavy (non-hydrogen) atoms. The van der Waals surface area contributed by atoms with E-state index in [0.717, 1.165) is 154 Å². The Hall–Kier alpha value is -5.52. The first-order valence-electron chi connectivity index (χ1n) is 36.6. The maximum absolute atomic E-state index is 12.4. The van der Waals surface area contributed by atoms with Crippen LogP contribution in [0.2, 0.25) is 0 Å². The normalized spacial score (nSPS) is 13.5. The predicted octanol–water partition coefficient (Wildman–Crippen LogP) is 26.1. The highest BCUT2D eigenvalue weighted by Crippen LogP contribution is 2.16. The number of rotatable bonds is 65. The van der Waals surface area contributed by atoms with Crippen molar-refractivity contribution in [3.63, 3.8) is 0 Å². The summed E-state index contributed by atoms with van der Waals surface area (Å²) in [5.74, 6) is -0.634. The fraction of sp³-hybridized carbons (Fsp3) is 0.576. The molecule has 1 N–H and O–H groups in total. The topological polar surface area (TPSA) is 72.8 Å². The summed E-state index contributed by atoms with van der Waals surface area (Å²) >= 11 is 0. The molecule has 504 valence electrons. The molecular weight excluding hydrogens is 1100 g/mol. The van der Waals surface area contributed by atoms with Crippen molar-refractivity contribution >= 4 is 11.9 Å². The van der Waals surface area contributed by atoms with Gasteiger partial charge in [-0.3, -0.25) is 9.59 Å². The van der Waals surface area contributed by atoms with E-state index in [1.54, 1.807) is 0 Å². The van der Waals surface area contributed by atoms with Gasteiger partial charge in [-0.05, 0) is 148 Å². The summed E-state index contributed by atoms with van der Waals surface area (Å²) in [4.78, 5) is 24.7. The first-order chi connectivity index (χ1) is 44.6. The number of ether oxygens (including phenoxy) is 2. The summed E-state index contributed by atoms with van der Waals surface area (Å²) in [5, 5.41) is 9.71. The van der Waals surface area contributed by atoms with Crippen LogP contribution in [0.5, 0.6) is 0 Å². The summed E-state index contributed by atoms with van der Waals surface area (Å²) in [6.07, 6.45) is 124. The van der Waals surface area contributed by atoms with Crippen molar-refractivity contribution in [3.05, 3.63) is 207 Å². The molecule has 0 saturated carbocycles. The number of esters is 2. The zero-order valence-corrected chi connectivity index (χ0v) is 57.8. The summed E-state index contributed by atoms with van der Waals surface area (Å²) in [5.41, 5.74) is 0. The number of hydrogen-bond donors (Lipinski definition) is 1. The Morgan fingerprint density at radius 1 is 0.256 bits per heavy atom. The van der Waals surface area contributed by atoms with Gasteiger partial charge < -0.3 is 14.6 Å². The Bertz CT molecular complexity index is 2090. The molecule has 0 fully saturated rings. The monoisotopic (exact) mass is 1240 g/mol. The lowest BCUT2D eigenvalue weighted by molar-refractivity contribution is -0.161. The Kier molecular flexibility index (Phi) is 73.0. The van der Waals surface area contributed by atoms with E-state index in [-0.39, 0.29) is 25.2 Å². The van der Waals surface area contributed by atoms with Crippen LogP contribution in [0, 0.1) is 0 Å². The number of carbonyl (C=O) groups excluding carboxylic acids is 2. The first-order valence-corrected chi connectivity index (χ1v) is 36.6. The van der Waals surface area contributed by atoms with Gasteiger partial charge in [-0.25, -0.2) is 0 Å². The highest BCUT2D eigenvalue weighted by Gasteiger charge is 2.16. The van der Waals surface area contributed by atoms with Gasteiger partial charge in [0.15, 0.2) is 6.10 Å². The van der Waals surface area contributed by atoms with Gasteiger partial charge in [-0.15, -0.1) is 0 Å². The van der Waals surface area contributed by atoms with E-state index in [4.69, 9.17) is 9.47 Å².